The van der Waals surface area contributed by atoms with Crippen LogP contribution in [0, 0.1) is 17.0 Å². The molecule has 3 amide bonds. The lowest BCUT2D eigenvalue weighted by atomic mass is 10.1. The van der Waals surface area contributed by atoms with Crippen LogP contribution in [-0.2, 0) is 14.3 Å². The van der Waals surface area contributed by atoms with E-state index in [1.165, 1.54) is 37.3 Å². The van der Waals surface area contributed by atoms with Crippen molar-refractivity contribution in [2.75, 3.05) is 11.9 Å². The monoisotopic (exact) mass is 479 g/mol. The minimum Gasteiger partial charge on any atom is -0.454 e. The zero-order chi connectivity index (χ0) is 23.7. The molecule has 0 bridgehead atoms. The standard InChI is InChI=1S/C20H15Cl2N3O7/c1-9-3-4-11(25(30)31)5-16(9)23-17(26)8-32-20(29)10(2)24-18(27)12-6-14(21)15(22)7-13(12)19(24)28/h3-7,10H,8H2,1-2H3,(H,23,26). The van der Waals surface area contributed by atoms with E-state index in [1.54, 1.807) is 6.92 Å². The average molecular weight is 480 g/mol. The van der Waals surface area contributed by atoms with Crippen LogP contribution in [0.1, 0.15) is 33.2 Å². The molecule has 1 unspecified atom stereocenters. The third kappa shape index (κ3) is 4.41. The van der Waals surface area contributed by atoms with Gasteiger partial charge in [-0.25, -0.2) is 4.79 Å². The van der Waals surface area contributed by atoms with Crippen LogP contribution in [0.25, 0.3) is 0 Å². The average Bonchev–Trinajstić information content (AvgIpc) is 2.97. The summed E-state index contributed by atoms with van der Waals surface area (Å²) in [6.45, 7) is 2.18. The van der Waals surface area contributed by atoms with Gasteiger partial charge >= 0.3 is 5.97 Å². The predicted molar refractivity (Wildman–Crippen MR) is 114 cm³/mol. The Morgan fingerprint density at radius 1 is 1.12 bits per heavy atom. The van der Waals surface area contributed by atoms with Gasteiger partial charge in [-0.2, -0.15) is 0 Å². The number of ether oxygens (including phenoxy) is 1. The smallest absolute Gasteiger partial charge is 0.329 e. The van der Waals surface area contributed by atoms with Crippen molar-refractivity contribution in [1.29, 1.82) is 0 Å². The number of hydrogen-bond acceptors (Lipinski definition) is 7. The Morgan fingerprint density at radius 2 is 1.69 bits per heavy atom. The number of benzene rings is 2. The van der Waals surface area contributed by atoms with Gasteiger partial charge in [0, 0.05) is 12.1 Å². The highest BCUT2D eigenvalue weighted by Gasteiger charge is 2.42. The number of esters is 1. The molecule has 0 radical (unpaired) electrons. The zero-order valence-corrected chi connectivity index (χ0v) is 18.2. The van der Waals surface area contributed by atoms with Crippen LogP contribution in [-0.4, -0.2) is 46.2 Å². The van der Waals surface area contributed by atoms with E-state index >= 15 is 0 Å². The van der Waals surface area contributed by atoms with Crippen molar-refractivity contribution in [2.24, 2.45) is 0 Å². The summed E-state index contributed by atoms with van der Waals surface area (Å²) in [5, 5.41) is 13.5. The molecule has 0 saturated carbocycles. The van der Waals surface area contributed by atoms with Crippen LogP contribution < -0.4 is 5.32 Å². The number of imide groups is 1. The molecule has 0 aromatic heterocycles. The Morgan fingerprint density at radius 3 is 2.22 bits per heavy atom. The van der Waals surface area contributed by atoms with Gasteiger partial charge in [0.15, 0.2) is 6.61 Å². The molecule has 3 rings (SSSR count). The maximum absolute atomic E-state index is 12.6. The molecule has 1 aliphatic heterocycles. The lowest BCUT2D eigenvalue weighted by Crippen LogP contribution is -2.44. The molecule has 1 atom stereocenters. The van der Waals surface area contributed by atoms with Crippen LogP contribution in [0.3, 0.4) is 0 Å². The first kappa shape index (κ1) is 23.2. The van der Waals surface area contributed by atoms with Crippen LogP contribution in [0.2, 0.25) is 10.0 Å². The summed E-state index contributed by atoms with van der Waals surface area (Å²) in [5.74, 6) is -3.24. The normalized spacial score (nSPS) is 13.6. The first-order chi connectivity index (χ1) is 15.0. The Labute approximate surface area is 191 Å². The second-order valence-corrected chi connectivity index (χ2v) is 7.69. The number of anilines is 1. The van der Waals surface area contributed by atoms with Crippen molar-refractivity contribution in [1.82, 2.24) is 4.90 Å². The van der Waals surface area contributed by atoms with E-state index in [-0.39, 0.29) is 32.5 Å². The number of carbonyl (C=O) groups excluding carboxylic acids is 4. The van der Waals surface area contributed by atoms with Crippen LogP contribution >= 0.6 is 23.2 Å². The number of rotatable bonds is 6. The number of amides is 3. The number of nitrogens with zero attached hydrogens (tertiary/aromatic N) is 2. The summed E-state index contributed by atoms with van der Waals surface area (Å²) >= 11 is 11.8. The highest BCUT2D eigenvalue weighted by atomic mass is 35.5. The fourth-order valence-corrected chi connectivity index (χ4v) is 3.34. The minimum atomic E-state index is -1.33. The van der Waals surface area contributed by atoms with E-state index in [4.69, 9.17) is 27.9 Å². The van der Waals surface area contributed by atoms with Crippen LogP contribution in [0.4, 0.5) is 11.4 Å². The second-order valence-electron chi connectivity index (χ2n) is 6.88. The topological polar surface area (TPSA) is 136 Å². The van der Waals surface area contributed by atoms with E-state index in [9.17, 15) is 29.3 Å². The molecular weight excluding hydrogens is 465 g/mol. The van der Waals surface area contributed by atoms with Crippen molar-refractivity contribution in [3.8, 4) is 0 Å². The number of halogens is 2. The van der Waals surface area contributed by atoms with E-state index < -0.39 is 41.3 Å². The van der Waals surface area contributed by atoms with Gasteiger partial charge in [0.2, 0.25) is 0 Å². The van der Waals surface area contributed by atoms with Crippen LogP contribution in [0.5, 0.6) is 0 Å². The van der Waals surface area contributed by atoms with Crippen molar-refractivity contribution in [3.05, 3.63) is 67.2 Å². The second kappa shape index (κ2) is 8.93. The third-order valence-electron chi connectivity index (χ3n) is 4.74. The van der Waals surface area contributed by atoms with Crippen LogP contribution in [0.15, 0.2) is 30.3 Å². The van der Waals surface area contributed by atoms with Crippen molar-refractivity contribution in [2.45, 2.75) is 19.9 Å². The van der Waals surface area contributed by atoms with Crippen molar-refractivity contribution >= 4 is 58.3 Å². The summed E-state index contributed by atoms with van der Waals surface area (Å²) < 4.78 is 4.93. The van der Waals surface area contributed by atoms with E-state index in [0.29, 0.717) is 10.5 Å². The van der Waals surface area contributed by atoms with Gasteiger partial charge in [-0.15, -0.1) is 0 Å². The maximum atomic E-state index is 12.6. The molecule has 0 saturated heterocycles. The lowest BCUT2D eigenvalue weighted by molar-refractivity contribution is -0.384. The third-order valence-corrected chi connectivity index (χ3v) is 5.46. The first-order valence-electron chi connectivity index (χ1n) is 9.09. The molecule has 0 aliphatic carbocycles. The quantitative estimate of drug-likeness (QED) is 0.290. The largest absolute Gasteiger partial charge is 0.454 e. The molecule has 0 spiro atoms. The van der Waals surface area contributed by atoms with Gasteiger partial charge in [-0.05, 0) is 31.5 Å². The molecule has 1 N–H and O–H groups in total. The molecule has 0 fully saturated rings. The van der Waals surface area contributed by atoms with Gasteiger partial charge < -0.3 is 10.1 Å². The van der Waals surface area contributed by atoms with E-state index in [0.717, 1.165) is 0 Å². The molecule has 2 aromatic rings. The number of fused-ring (bicyclic) bond motifs is 1. The summed E-state index contributed by atoms with van der Waals surface area (Å²) in [6, 6.07) is 5.08. The number of non-ortho nitro benzene ring substituents is 1. The Kier molecular flexibility index (Phi) is 6.47. The number of nitro benzene ring substituents is 1. The number of nitrogens with one attached hydrogen (secondary N) is 1. The maximum Gasteiger partial charge on any atom is 0.329 e. The molecule has 1 heterocycles. The number of hydrogen-bond donors (Lipinski definition) is 1. The highest BCUT2D eigenvalue weighted by molar-refractivity contribution is 6.43. The summed E-state index contributed by atoms with van der Waals surface area (Å²) in [5.41, 5.74) is 0.530. The molecule has 10 nitrogen and oxygen atoms in total. The number of carbonyl (C=O) groups is 4. The fourth-order valence-electron chi connectivity index (χ4n) is 3.01. The predicted octanol–water partition coefficient (Wildman–Crippen LogP) is 3.38. The SMILES string of the molecule is Cc1ccc([N+](=O)[O-])cc1NC(=O)COC(=O)C(C)N1C(=O)c2cc(Cl)c(Cl)cc2C1=O. The minimum absolute atomic E-state index is 0.00272. The lowest BCUT2D eigenvalue weighted by Gasteiger charge is -2.20. The number of nitro groups is 1. The highest BCUT2D eigenvalue weighted by Crippen LogP contribution is 2.32. The summed E-state index contributed by atoms with van der Waals surface area (Å²) in [6.07, 6.45) is 0. The van der Waals surface area contributed by atoms with Gasteiger partial charge in [-0.3, -0.25) is 29.4 Å². The number of aryl methyl sites for hydroxylation is 1. The molecule has 1 aliphatic rings. The molecule has 166 valence electrons. The fraction of sp³-hybridized carbons (Fsp3) is 0.200. The zero-order valence-electron chi connectivity index (χ0n) is 16.7. The molecular formula is C20H15Cl2N3O7. The van der Waals surface area contributed by atoms with Gasteiger partial charge in [0.1, 0.15) is 6.04 Å². The molecule has 32 heavy (non-hydrogen) atoms. The molecule has 12 heteroatoms. The van der Waals surface area contributed by atoms with E-state index in [2.05, 4.69) is 5.32 Å². The Balaban J connectivity index is 1.65. The van der Waals surface area contributed by atoms with Gasteiger partial charge in [0.25, 0.3) is 23.4 Å². The summed E-state index contributed by atoms with van der Waals surface area (Å²) in [4.78, 5) is 60.7. The van der Waals surface area contributed by atoms with Gasteiger partial charge in [0.05, 0.1) is 31.8 Å². The molecule has 2 aromatic carbocycles. The van der Waals surface area contributed by atoms with Gasteiger partial charge in [-0.1, -0.05) is 29.3 Å². The Bertz CT molecular complexity index is 1140. The van der Waals surface area contributed by atoms with Crippen molar-refractivity contribution < 1.29 is 28.8 Å². The summed E-state index contributed by atoms with van der Waals surface area (Å²) in [7, 11) is 0. The Hall–Kier alpha value is -3.50. The van der Waals surface area contributed by atoms with Crippen molar-refractivity contribution in [3.63, 3.8) is 0 Å². The van der Waals surface area contributed by atoms with E-state index in [1.807, 2.05) is 0 Å². The first-order valence-corrected chi connectivity index (χ1v) is 9.85.